The second-order valence-electron chi connectivity index (χ2n) is 1.47. The number of rotatable bonds is 3. The van der Waals surface area contributed by atoms with Gasteiger partial charge in [0.25, 0.3) is 0 Å². The quantitative estimate of drug-likeness (QED) is 0.615. The Morgan fingerprint density at radius 1 is 1.88 bits per heavy atom. The minimum Gasteiger partial charge on any atom is -0.286 e. The van der Waals surface area contributed by atoms with Crippen molar-refractivity contribution in [2.75, 3.05) is 6.26 Å². The number of thioether (sulfide) groups is 1. The molecule has 0 spiro atoms. The summed E-state index contributed by atoms with van der Waals surface area (Å²) in [5.41, 5.74) is 0. The monoisotopic (exact) mass is 150 g/mol. The molecule has 0 aliphatic carbocycles. The molecule has 0 saturated heterocycles. The van der Waals surface area contributed by atoms with Gasteiger partial charge in [-0.25, -0.2) is 0 Å². The van der Waals surface area contributed by atoms with E-state index >= 15 is 0 Å². The fourth-order valence-electron chi connectivity index (χ4n) is 0.442. The van der Waals surface area contributed by atoms with Gasteiger partial charge in [-0.05, 0) is 12.7 Å². The van der Waals surface area contributed by atoms with Crippen LogP contribution in [0.3, 0.4) is 0 Å². The summed E-state index contributed by atoms with van der Waals surface area (Å²) in [7, 11) is 0. The molecule has 0 rings (SSSR count). The molecule has 0 fully saturated rings. The molecule has 1 atom stereocenters. The number of carbonyl (C=O) groups is 1. The zero-order chi connectivity index (χ0) is 6.57. The van der Waals surface area contributed by atoms with E-state index in [0.29, 0.717) is 0 Å². The number of thiol groups is 1. The Morgan fingerprint density at radius 2 is 2.38 bits per heavy atom. The van der Waals surface area contributed by atoms with Crippen molar-refractivity contribution in [2.24, 2.45) is 0 Å². The average molecular weight is 150 g/mol. The first-order valence-corrected chi connectivity index (χ1v) is 4.21. The fraction of sp³-hybridized carbons (Fsp3) is 0.800. The molecule has 0 aromatic carbocycles. The van der Waals surface area contributed by atoms with Crippen molar-refractivity contribution in [3.8, 4) is 0 Å². The Hall–Kier alpha value is 0.370. The molecule has 0 aromatic rings. The Labute approximate surface area is 59.6 Å². The van der Waals surface area contributed by atoms with Crippen molar-refractivity contribution in [3.05, 3.63) is 0 Å². The molecule has 0 bridgehead atoms. The highest BCUT2D eigenvalue weighted by Crippen LogP contribution is 2.12. The smallest absolute Gasteiger partial charge is 0.198 e. The second-order valence-corrected chi connectivity index (χ2v) is 2.95. The lowest BCUT2D eigenvalue weighted by Gasteiger charge is -2.03. The fourth-order valence-corrected chi connectivity index (χ4v) is 1.48. The van der Waals surface area contributed by atoms with Crippen LogP contribution < -0.4 is 0 Å². The van der Waals surface area contributed by atoms with E-state index < -0.39 is 0 Å². The summed E-state index contributed by atoms with van der Waals surface area (Å²) in [6.45, 7) is 1.98. The maximum absolute atomic E-state index is 10.4. The lowest BCUT2D eigenvalue weighted by molar-refractivity contribution is -0.110. The highest BCUT2D eigenvalue weighted by atomic mass is 32.2. The second kappa shape index (κ2) is 4.27. The van der Waals surface area contributed by atoms with Crippen molar-refractivity contribution in [1.82, 2.24) is 0 Å². The summed E-state index contributed by atoms with van der Waals surface area (Å²) >= 11 is 5.25. The van der Waals surface area contributed by atoms with Gasteiger partial charge in [-0.3, -0.25) is 4.79 Å². The van der Waals surface area contributed by atoms with Gasteiger partial charge in [0.2, 0.25) is 0 Å². The van der Waals surface area contributed by atoms with Crippen LogP contribution in [0.4, 0.5) is 0 Å². The molecule has 0 radical (unpaired) electrons. The van der Waals surface area contributed by atoms with Crippen LogP contribution in [0, 0.1) is 0 Å². The van der Waals surface area contributed by atoms with E-state index in [0.717, 1.165) is 6.42 Å². The molecule has 1 nitrogen and oxygen atoms in total. The third-order valence-corrected chi connectivity index (χ3v) is 2.53. The van der Waals surface area contributed by atoms with Crippen LogP contribution >= 0.6 is 24.4 Å². The molecule has 0 aliphatic rings. The predicted molar refractivity (Wildman–Crippen MR) is 41.6 cm³/mol. The first kappa shape index (κ1) is 8.37. The van der Waals surface area contributed by atoms with Crippen molar-refractivity contribution in [1.29, 1.82) is 0 Å². The van der Waals surface area contributed by atoms with Gasteiger partial charge < -0.3 is 0 Å². The predicted octanol–water partition coefficient (Wildman–Crippen LogP) is 1.58. The molecule has 0 heterocycles. The molecular formula is C5H10OS2. The Bertz CT molecular complexity index is 78.5. The van der Waals surface area contributed by atoms with Gasteiger partial charge in [-0.1, -0.05) is 6.92 Å². The molecule has 0 N–H and O–H groups in total. The number of hydrogen-bond acceptors (Lipinski definition) is 2. The van der Waals surface area contributed by atoms with E-state index in [2.05, 4.69) is 12.6 Å². The van der Waals surface area contributed by atoms with E-state index in [1.807, 2.05) is 13.2 Å². The van der Waals surface area contributed by atoms with Crippen molar-refractivity contribution >= 4 is 29.5 Å². The summed E-state index contributed by atoms with van der Waals surface area (Å²) in [5, 5.41) is 0.0818. The highest BCUT2D eigenvalue weighted by Gasteiger charge is 2.08. The standard InChI is InChI=1S/C5H10OS2/c1-3-4(8-2)5(6)7/h4H,3H2,1-2H3,(H,6,7). The highest BCUT2D eigenvalue weighted by molar-refractivity contribution is 8.04. The van der Waals surface area contributed by atoms with Gasteiger partial charge in [0.15, 0.2) is 5.12 Å². The minimum atomic E-state index is -0.0139. The summed E-state index contributed by atoms with van der Waals surface area (Å²) in [6, 6.07) is 0. The number of carbonyl (C=O) groups excluding carboxylic acids is 1. The average Bonchev–Trinajstić information content (AvgIpc) is 1.69. The Kier molecular flexibility index (Phi) is 4.47. The molecule has 48 valence electrons. The van der Waals surface area contributed by atoms with E-state index in [1.165, 1.54) is 0 Å². The van der Waals surface area contributed by atoms with Crippen molar-refractivity contribution in [3.63, 3.8) is 0 Å². The summed E-state index contributed by atoms with van der Waals surface area (Å²) in [5.74, 6) is 0. The van der Waals surface area contributed by atoms with Crippen LogP contribution in [-0.2, 0) is 4.79 Å². The largest absolute Gasteiger partial charge is 0.286 e. The third-order valence-electron chi connectivity index (χ3n) is 0.931. The van der Waals surface area contributed by atoms with Gasteiger partial charge >= 0.3 is 0 Å². The maximum atomic E-state index is 10.4. The zero-order valence-corrected chi connectivity index (χ0v) is 6.76. The van der Waals surface area contributed by atoms with Crippen LogP contribution in [0.15, 0.2) is 0 Å². The van der Waals surface area contributed by atoms with Gasteiger partial charge in [-0.2, -0.15) is 11.8 Å². The molecule has 1 unspecified atom stereocenters. The van der Waals surface area contributed by atoms with Crippen molar-refractivity contribution in [2.45, 2.75) is 18.6 Å². The molecule has 0 amide bonds. The molecule has 3 heteroatoms. The molecular weight excluding hydrogens is 140 g/mol. The lowest BCUT2D eigenvalue weighted by atomic mass is 10.4. The van der Waals surface area contributed by atoms with Gasteiger partial charge in [0, 0.05) is 0 Å². The maximum Gasteiger partial charge on any atom is 0.198 e. The lowest BCUT2D eigenvalue weighted by Crippen LogP contribution is -2.08. The van der Waals surface area contributed by atoms with Gasteiger partial charge in [0.1, 0.15) is 0 Å². The minimum absolute atomic E-state index is 0.0139. The van der Waals surface area contributed by atoms with E-state index in [-0.39, 0.29) is 10.4 Å². The van der Waals surface area contributed by atoms with E-state index in [4.69, 9.17) is 0 Å². The number of hydrogen-bond donors (Lipinski definition) is 1. The van der Waals surface area contributed by atoms with Gasteiger partial charge in [0.05, 0.1) is 5.25 Å². The first-order chi connectivity index (χ1) is 3.72. The first-order valence-electron chi connectivity index (χ1n) is 2.48. The normalized spacial score (nSPS) is 13.4. The molecule has 0 saturated carbocycles. The SMILES string of the molecule is CCC(SC)C(=O)S. The van der Waals surface area contributed by atoms with Crippen LogP contribution in [0.5, 0.6) is 0 Å². The Morgan fingerprint density at radius 3 is 2.38 bits per heavy atom. The third kappa shape index (κ3) is 2.62. The molecule has 0 aromatic heterocycles. The Balaban J connectivity index is 3.52. The van der Waals surface area contributed by atoms with E-state index in [9.17, 15) is 4.79 Å². The van der Waals surface area contributed by atoms with Crippen LogP contribution in [-0.4, -0.2) is 16.6 Å². The van der Waals surface area contributed by atoms with Crippen LogP contribution in [0.25, 0.3) is 0 Å². The molecule has 8 heavy (non-hydrogen) atoms. The summed E-state index contributed by atoms with van der Waals surface area (Å²) in [4.78, 5) is 10.4. The van der Waals surface area contributed by atoms with E-state index in [1.54, 1.807) is 11.8 Å². The summed E-state index contributed by atoms with van der Waals surface area (Å²) < 4.78 is 0. The summed E-state index contributed by atoms with van der Waals surface area (Å²) in [6.07, 6.45) is 2.80. The van der Waals surface area contributed by atoms with Crippen molar-refractivity contribution < 1.29 is 4.79 Å². The molecule has 0 aliphatic heterocycles. The van der Waals surface area contributed by atoms with Crippen LogP contribution in [0.2, 0.25) is 0 Å². The van der Waals surface area contributed by atoms with Crippen LogP contribution in [0.1, 0.15) is 13.3 Å². The van der Waals surface area contributed by atoms with Gasteiger partial charge in [-0.15, -0.1) is 12.6 Å². The zero-order valence-electron chi connectivity index (χ0n) is 5.05. The topological polar surface area (TPSA) is 17.1 Å².